The molecule has 0 spiro atoms. The van der Waals surface area contributed by atoms with Crippen molar-refractivity contribution < 1.29 is 4.74 Å². The van der Waals surface area contributed by atoms with E-state index in [4.69, 9.17) is 4.74 Å². The number of hydrogen-bond acceptors (Lipinski definition) is 2. The second-order valence-electron chi connectivity index (χ2n) is 4.16. The summed E-state index contributed by atoms with van der Waals surface area (Å²) >= 11 is 0. The predicted octanol–water partition coefficient (Wildman–Crippen LogP) is 2.92. The Bertz CT molecular complexity index is 344. The number of fused-ring (bicyclic) bond motifs is 1. The molecule has 0 bridgehead atoms. The van der Waals surface area contributed by atoms with Crippen LogP contribution in [-0.2, 0) is 0 Å². The Morgan fingerprint density at radius 3 is 2.86 bits per heavy atom. The van der Waals surface area contributed by atoms with Crippen molar-refractivity contribution in [1.29, 1.82) is 0 Å². The molecule has 1 aliphatic heterocycles. The summed E-state index contributed by atoms with van der Waals surface area (Å²) in [5, 5.41) is 3.37. The molecule has 0 amide bonds. The molecule has 0 fully saturated rings. The van der Waals surface area contributed by atoms with Gasteiger partial charge in [-0.05, 0) is 30.0 Å². The monoisotopic (exact) mass is 191 g/mol. The van der Waals surface area contributed by atoms with Crippen molar-refractivity contribution in [2.24, 2.45) is 0 Å². The number of aryl methyl sites for hydroxylation is 1. The van der Waals surface area contributed by atoms with Crippen molar-refractivity contribution in [1.82, 2.24) is 0 Å². The smallest absolute Gasteiger partial charge is 0.145 e. The molecule has 0 aromatic heterocycles. The lowest BCUT2D eigenvalue weighted by atomic mass is 9.98. The largest absolute Gasteiger partial charge is 0.489 e. The van der Waals surface area contributed by atoms with E-state index in [1.807, 2.05) is 0 Å². The lowest BCUT2D eigenvalue weighted by Crippen LogP contribution is -2.19. The molecular weight excluding hydrogens is 174 g/mol. The Kier molecular flexibility index (Phi) is 2.36. The van der Waals surface area contributed by atoms with E-state index in [9.17, 15) is 0 Å². The van der Waals surface area contributed by atoms with Crippen LogP contribution in [0.3, 0.4) is 0 Å². The third-order valence-electron chi connectivity index (χ3n) is 2.55. The molecule has 0 saturated heterocycles. The molecule has 0 radical (unpaired) electrons. The zero-order valence-corrected chi connectivity index (χ0v) is 9.05. The summed E-state index contributed by atoms with van der Waals surface area (Å²) in [4.78, 5) is 0. The van der Waals surface area contributed by atoms with Gasteiger partial charge in [0.15, 0.2) is 0 Å². The van der Waals surface area contributed by atoms with Crippen LogP contribution in [0.15, 0.2) is 12.1 Å². The number of anilines is 1. The van der Waals surface area contributed by atoms with Gasteiger partial charge in [0.1, 0.15) is 12.4 Å². The lowest BCUT2D eigenvalue weighted by molar-refractivity contribution is 0.318. The number of nitrogens with one attached hydrogen (secondary N) is 1. The summed E-state index contributed by atoms with van der Waals surface area (Å²) in [5.41, 5.74) is 3.76. The molecule has 1 aromatic rings. The minimum atomic E-state index is 0.517. The molecule has 2 nitrogen and oxygen atoms in total. The summed E-state index contributed by atoms with van der Waals surface area (Å²) in [6, 6.07) is 4.37. The highest BCUT2D eigenvalue weighted by atomic mass is 16.5. The van der Waals surface area contributed by atoms with Crippen LogP contribution in [0.1, 0.15) is 30.9 Å². The van der Waals surface area contributed by atoms with Gasteiger partial charge in [0, 0.05) is 6.54 Å². The maximum Gasteiger partial charge on any atom is 0.145 e. The molecule has 14 heavy (non-hydrogen) atoms. The maximum atomic E-state index is 5.71. The van der Waals surface area contributed by atoms with Crippen LogP contribution in [-0.4, -0.2) is 13.2 Å². The minimum absolute atomic E-state index is 0.517. The van der Waals surface area contributed by atoms with E-state index >= 15 is 0 Å². The van der Waals surface area contributed by atoms with Gasteiger partial charge in [0.25, 0.3) is 0 Å². The molecule has 2 heteroatoms. The number of benzene rings is 1. The molecule has 0 atom stereocenters. The Morgan fingerprint density at radius 2 is 2.14 bits per heavy atom. The van der Waals surface area contributed by atoms with Gasteiger partial charge in [-0.3, -0.25) is 0 Å². The predicted molar refractivity (Wildman–Crippen MR) is 59.3 cm³/mol. The van der Waals surface area contributed by atoms with Gasteiger partial charge in [-0.2, -0.15) is 0 Å². The van der Waals surface area contributed by atoms with Gasteiger partial charge in [-0.1, -0.05) is 19.9 Å². The molecule has 76 valence electrons. The van der Waals surface area contributed by atoms with Gasteiger partial charge in [-0.15, -0.1) is 0 Å². The Morgan fingerprint density at radius 1 is 1.36 bits per heavy atom. The second-order valence-corrected chi connectivity index (χ2v) is 4.16. The van der Waals surface area contributed by atoms with Crippen LogP contribution < -0.4 is 10.1 Å². The van der Waals surface area contributed by atoms with E-state index in [1.165, 1.54) is 11.1 Å². The third kappa shape index (κ3) is 1.57. The summed E-state index contributed by atoms with van der Waals surface area (Å²) in [7, 11) is 0. The second kappa shape index (κ2) is 3.52. The van der Waals surface area contributed by atoms with Gasteiger partial charge >= 0.3 is 0 Å². The quantitative estimate of drug-likeness (QED) is 0.737. The normalized spacial score (nSPS) is 14.6. The van der Waals surface area contributed by atoms with E-state index in [1.54, 1.807) is 0 Å². The molecule has 0 aliphatic carbocycles. The van der Waals surface area contributed by atoms with Gasteiger partial charge in [-0.25, -0.2) is 0 Å². The first-order valence-electron chi connectivity index (χ1n) is 5.19. The van der Waals surface area contributed by atoms with Crippen LogP contribution in [0.25, 0.3) is 0 Å². The standard InChI is InChI=1S/C12H17NO/c1-8(2)10-6-9(3)7-11-12(10)14-5-4-13-11/h6-8,13H,4-5H2,1-3H3. The molecule has 1 heterocycles. The first-order chi connectivity index (χ1) is 6.68. The summed E-state index contributed by atoms with van der Waals surface area (Å²) < 4.78 is 5.71. The van der Waals surface area contributed by atoms with Crippen molar-refractivity contribution >= 4 is 5.69 Å². The highest BCUT2D eigenvalue weighted by molar-refractivity contribution is 5.63. The molecule has 2 rings (SSSR count). The van der Waals surface area contributed by atoms with Gasteiger partial charge in [0.05, 0.1) is 5.69 Å². The fourth-order valence-corrected chi connectivity index (χ4v) is 1.86. The molecule has 1 aromatic carbocycles. The molecule has 1 N–H and O–H groups in total. The maximum absolute atomic E-state index is 5.71. The number of ether oxygens (including phenoxy) is 1. The third-order valence-corrected chi connectivity index (χ3v) is 2.55. The van der Waals surface area contributed by atoms with Gasteiger partial charge in [0.2, 0.25) is 0 Å². The van der Waals surface area contributed by atoms with E-state index in [-0.39, 0.29) is 0 Å². The van der Waals surface area contributed by atoms with Crippen molar-refractivity contribution in [2.75, 3.05) is 18.5 Å². The van der Waals surface area contributed by atoms with Crippen LogP contribution in [0.4, 0.5) is 5.69 Å². The van der Waals surface area contributed by atoms with Gasteiger partial charge < -0.3 is 10.1 Å². The van der Waals surface area contributed by atoms with Crippen molar-refractivity contribution in [2.45, 2.75) is 26.7 Å². The molecule has 1 aliphatic rings. The fraction of sp³-hybridized carbons (Fsp3) is 0.500. The van der Waals surface area contributed by atoms with Crippen LogP contribution >= 0.6 is 0 Å². The topological polar surface area (TPSA) is 21.3 Å². The first-order valence-corrected chi connectivity index (χ1v) is 5.19. The fourth-order valence-electron chi connectivity index (χ4n) is 1.86. The Hall–Kier alpha value is -1.18. The minimum Gasteiger partial charge on any atom is -0.489 e. The van der Waals surface area contributed by atoms with E-state index in [2.05, 4.69) is 38.2 Å². The zero-order valence-electron chi connectivity index (χ0n) is 9.05. The SMILES string of the molecule is Cc1cc2c(c(C(C)C)c1)OCCN2. The number of hydrogen-bond donors (Lipinski definition) is 1. The van der Waals surface area contributed by atoms with Crippen LogP contribution in [0.5, 0.6) is 5.75 Å². The number of rotatable bonds is 1. The lowest BCUT2D eigenvalue weighted by Gasteiger charge is -2.24. The molecule has 0 saturated carbocycles. The van der Waals surface area contributed by atoms with Crippen molar-refractivity contribution in [3.8, 4) is 5.75 Å². The highest BCUT2D eigenvalue weighted by Crippen LogP contribution is 2.36. The van der Waals surface area contributed by atoms with Crippen LogP contribution in [0.2, 0.25) is 0 Å². The van der Waals surface area contributed by atoms with E-state index < -0.39 is 0 Å². The summed E-state index contributed by atoms with van der Waals surface area (Å²) in [5.74, 6) is 1.57. The molecular formula is C12H17NO. The van der Waals surface area contributed by atoms with Crippen molar-refractivity contribution in [3.63, 3.8) is 0 Å². The van der Waals surface area contributed by atoms with E-state index in [0.717, 1.165) is 24.6 Å². The van der Waals surface area contributed by atoms with Crippen LogP contribution in [0, 0.1) is 6.92 Å². The average molecular weight is 191 g/mol. The van der Waals surface area contributed by atoms with Crippen molar-refractivity contribution in [3.05, 3.63) is 23.3 Å². The average Bonchev–Trinajstić information content (AvgIpc) is 2.16. The first kappa shape index (κ1) is 9.38. The summed E-state index contributed by atoms with van der Waals surface area (Å²) in [6.07, 6.45) is 0. The molecule has 0 unspecified atom stereocenters. The Balaban J connectivity index is 2.52. The zero-order chi connectivity index (χ0) is 10.1. The highest BCUT2D eigenvalue weighted by Gasteiger charge is 2.16. The van der Waals surface area contributed by atoms with E-state index in [0.29, 0.717) is 5.92 Å². The Labute approximate surface area is 85.3 Å². The summed E-state index contributed by atoms with van der Waals surface area (Å²) in [6.45, 7) is 8.21.